The molecule has 3 atom stereocenters. The van der Waals surface area contributed by atoms with Gasteiger partial charge in [0, 0.05) is 37.3 Å². The molecule has 3 aliphatic heterocycles. The molecule has 1 amide bonds. The second-order valence-electron chi connectivity index (χ2n) is 13.1. The molecule has 2 aromatic heterocycles. The summed E-state index contributed by atoms with van der Waals surface area (Å²) in [5.74, 6) is 1.52. The number of carbonyl (C=O) groups is 1. The summed E-state index contributed by atoms with van der Waals surface area (Å²) in [6, 6.07) is 22.7. The Morgan fingerprint density at radius 2 is 1.60 bits per heavy atom. The fourth-order valence-electron chi connectivity index (χ4n) is 8.64. The van der Waals surface area contributed by atoms with Gasteiger partial charge in [0.25, 0.3) is 5.91 Å². The quantitative estimate of drug-likeness (QED) is 0.267. The normalized spacial score (nSPS) is 23.6. The van der Waals surface area contributed by atoms with Crippen molar-refractivity contribution in [2.45, 2.75) is 89.3 Å². The number of hydrogen-bond donors (Lipinski definition) is 0. The van der Waals surface area contributed by atoms with Crippen LogP contribution in [0.15, 0.2) is 69.9 Å². The van der Waals surface area contributed by atoms with E-state index in [2.05, 4.69) is 71.0 Å². The highest BCUT2D eigenvalue weighted by molar-refractivity contribution is 5.96. The van der Waals surface area contributed by atoms with Crippen LogP contribution < -0.4 is 5.63 Å². The van der Waals surface area contributed by atoms with Crippen molar-refractivity contribution < 1.29 is 9.21 Å². The number of imidazole rings is 1. The van der Waals surface area contributed by atoms with E-state index in [1.165, 1.54) is 42.8 Å². The van der Waals surface area contributed by atoms with Gasteiger partial charge >= 0.3 is 5.63 Å². The Kier molecular flexibility index (Phi) is 7.24. The maximum absolute atomic E-state index is 13.6. The second-order valence-corrected chi connectivity index (χ2v) is 13.1. The van der Waals surface area contributed by atoms with Gasteiger partial charge in [-0.3, -0.25) is 9.69 Å². The Morgan fingerprint density at radius 3 is 2.30 bits per heavy atom. The number of benzene rings is 2. The van der Waals surface area contributed by atoms with Crippen molar-refractivity contribution in [3.63, 3.8) is 0 Å². The zero-order chi connectivity index (χ0) is 29.7. The predicted molar refractivity (Wildman–Crippen MR) is 169 cm³/mol. The molecule has 224 valence electrons. The fraction of sp³-hybridized carbons (Fsp3) is 0.472. The monoisotopic (exact) mass is 578 g/mol. The number of amides is 1. The largest absolute Gasteiger partial charge is 0.427 e. The highest BCUT2D eigenvalue weighted by atomic mass is 16.4. The lowest BCUT2D eigenvalue weighted by atomic mass is 9.70. The smallest absolute Gasteiger partial charge is 0.336 e. The van der Waals surface area contributed by atoms with Gasteiger partial charge < -0.3 is 13.9 Å². The van der Waals surface area contributed by atoms with Crippen LogP contribution in [0.4, 0.5) is 0 Å². The minimum atomic E-state index is -0.403. The first-order valence-electron chi connectivity index (χ1n) is 16.0. The number of aryl methyl sites for hydroxylation is 3. The zero-order valence-electron chi connectivity index (χ0n) is 25.6. The molecule has 7 rings (SSSR count). The van der Waals surface area contributed by atoms with E-state index >= 15 is 0 Å². The third-order valence-corrected chi connectivity index (χ3v) is 10.8. The van der Waals surface area contributed by atoms with Crippen LogP contribution in [0.5, 0.6) is 0 Å². The minimum Gasteiger partial charge on any atom is -0.427 e. The molecule has 43 heavy (non-hydrogen) atoms. The van der Waals surface area contributed by atoms with Crippen molar-refractivity contribution >= 4 is 16.9 Å². The van der Waals surface area contributed by atoms with Gasteiger partial charge in [-0.15, -0.1) is 0 Å². The van der Waals surface area contributed by atoms with Crippen LogP contribution in [0.25, 0.3) is 11.0 Å². The molecule has 7 nitrogen and oxygen atoms in total. The van der Waals surface area contributed by atoms with Gasteiger partial charge in [-0.25, -0.2) is 9.78 Å². The zero-order valence-corrected chi connectivity index (χ0v) is 25.6. The molecular formula is C36H42N4O3. The summed E-state index contributed by atoms with van der Waals surface area (Å²) >= 11 is 0. The maximum Gasteiger partial charge on any atom is 0.336 e. The number of para-hydroxylation sites is 2. The van der Waals surface area contributed by atoms with Crippen molar-refractivity contribution in [2.75, 3.05) is 19.6 Å². The first kappa shape index (κ1) is 28.1. The standard InChI is InChI=1S/C36H42N4O3/c1-24-21-33(41)43-25(2)34(24)35(42)38-18-15-36(16-19-38,27-9-5-4-6-10-27)17-20-39-28-13-14-29(39)23-30(22-28)40-26(3)37-31-11-7-8-12-32(31)40/h4-12,21,28-30H,13-20,22-23H2,1-3H3/t28-,29+,30+. The van der Waals surface area contributed by atoms with Crippen molar-refractivity contribution in [1.29, 1.82) is 0 Å². The fourth-order valence-corrected chi connectivity index (χ4v) is 8.64. The van der Waals surface area contributed by atoms with Crippen LogP contribution in [0.2, 0.25) is 0 Å². The highest BCUT2D eigenvalue weighted by Gasteiger charge is 2.44. The van der Waals surface area contributed by atoms with Crippen LogP contribution in [-0.4, -0.2) is 57.0 Å². The summed E-state index contributed by atoms with van der Waals surface area (Å²) in [5, 5.41) is 0. The van der Waals surface area contributed by atoms with Gasteiger partial charge in [0.05, 0.1) is 16.6 Å². The molecule has 0 saturated carbocycles. The molecule has 5 heterocycles. The average molecular weight is 579 g/mol. The lowest BCUT2D eigenvalue weighted by Crippen LogP contribution is -2.49. The number of aromatic nitrogens is 2. The van der Waals surface area contributed by atoms with E-state index in [4.69, 9.17) is 9.40 Å². The summed E-state index contributed by atoms with van der Waals surface area (Å²) in [7, 11) is 0. The maximum atomic E-state index is 13.6. The lowest BCUT2D eigenvalue weighted by Gasteiger charge is -2.45. The van der Waals surface area contributed by atoms with E-state index in [1.807, 2.05) is 11.8 Å². The van der Waals surface area contributed by atoms with Crippen molar-refractivity contribution in [2.24, 2.45) is 0 Å². The molecule has 0 aliphatic carbocycles. The summed E-state index contributed by atoms with van der Waals surface area (Å²) < 4.78 is 7.80. The topological polar surface area (TPSA) is 71.6 Å². The summed E-state index contributed by atoms with van der Waals surface area (Å²) in [4.78, 5) is 35.0. The van der Waals surface area contributed by atoms with Crippen molar-refractivity contribution in [3.8, 4) is 0 Å². The second kappa shape index (κ2) is 11.1. The van der Waals surface area contributed by atoms with Gasteiger partial charge in [-0.2, -0.15) is 0 Å². The number of carbonyl (C=O) groups excluding carboxylic acids is 1. The van der Waals surface area contributed by atoms with E-state index in [-0.39, 0.29) is 11.3 Å². The summed E-state index contributed by atoms with van der Waals surface area (Å²) in [5.41, 5.74) is 4.63. The molecule has 0 radical (unpaired) electrons. The van der Waals surface area contributed by atoms with E-state index in [1.54, 1.807) is 6.92 Å². The van der Waals surface area contributed by atoms with Gasteiger partial charge in [-0.05, 0) is 101 Å². The molecule has 2 aromatic carbocycles. The van der Waals surface area contributed by atoms with Crippen LogP contribution in [-0.2, 0) is 5.41 Å². The number of likely N-dealkylation sites (tertiary alicyclic amines) is 1. The van der Waals surface area contributed by atoms with Crippen LogP contribution in [0.3, 0.4) is 0 Å². The van der Waals surface area contributed by atoms with E-state index in [0.717, 1.165) is 37.1 Å². The Morgan fingerprint density at radius 1 is 0.930 bits per heavy atom. The van der Waals surface area contributed by atoms with Gasteiger partial charge in [-0.1, -0.05) is 42.5 Å². The average Bonchev–Trinajstić information content (AvgIpc) is 3.46. The Labute approximate surface area is 253 Å². The van der Waals surface area contributed by atoms with Crippen LogP contribution in [0, 0.1) is 20.8 Å². The molecule has 0 unspecified atom stereocenters. The van der Waals surface area contributed by atoms with Gasteiger partial charge in [0.2, 0.25) is 0 Å². The third kappa shape index (κ3) is 5.01. The number of nitrogens with zero attached hydrogens (tertiary/aromatic N) is 4. The number of piperidine rings is 2. The molecule has 4 aromatic rings. The molecule has 0 spiro atoms. The highest BCUT2D eigenvalue weighted by Crippen LogP contribution is 2.45. The lowest BCUT2D eigenvalue weighted by molar-refractivity contribution is 0.0603. The molecule has 3 fully saturated rings. The molecule has 0 N–H and O–H groups in total. The Bertz CT molecular complexity index is 1660. The van der Waals surface area contributed by atoms with Crippen LogP contribution >= 0.6 is 0 Å². The molecule has 2 bridgehead atoms. The first-order valence-corrected chi connectivity index (χ1v) is 16.0. The molecule has 3 saturated heterocycles. The van der Waals surface area contributed by atoms with Gasteiger partial charge in [0.15, 0.2) is 0 Å². The predicted octanol–water partition coefficient (Wildman–Crippen LogP) is 6.35. The Balaban J connectivity index is 1.07. The van der Waals surface area contributed by atoms with E-state index in [9.17, 15) is 9.59 Å². The first-order chi connectivity index (χ1) is 20.8. The molecule has 7 heteroatoms. The van der Waals surface area contributed by atoms with E-state index in [0.29, 0.717) is 48.1 Å². The number of fused-ring (bicyclic) bond motifs is 3. The summed E-state index contributed by atoms with van der Waals surface area (Å²) in [6.07, 6.45) is 7.89. The third-order valence-electron chi connectivity index (χ3n) is 10.8. The van der Waals surface area contributed by atoms with Crippen LogP contribution in [0.1, 0.15) is 84.1 Å². The van der Waals surface area contributed by atoms with E-state index < -0.39 is 5.63 Å². The van der Waals surface area contributed by atoms with Crippen molar-refractivity contribution in [3.05, 3.63) is 99.4 Å². The Hall–Kier alpha value is -3.71. The molecular weight excluding hydrogens is 536 g/mol. The SMILES string of the molecule is Cc1cc(=O)oc(C)c1C(=O)N1CCC(CCN2[C@@H]3CC[C@H]2C[C@@H](n2c(C)nc4ccccc42)C3)(c2ccccc2)CC1. The number of rotatable bonds is 6. The minimum absolute atomic E-state index is 0.0251. The van der Waals surface area contributed by atoms with Crippen molar-refractivity contribution in [1.82, 2.24) is 19.4 Å². The summed E-state index contributed by atoms with van der Waals surface area (Å²) in [6.45, 7) is 8.19. The molecule has 3 aliphatic rings. The number of hydrogen-bond acceptors (Lipinski definition) is 5. The van der Waals surface area contributed by atoms with Gasteiger partial charge in [0.1, 0.15) is 11.6 Å².